The minimum absolute atomic E-state index is 0.0608. The van der Waals surface area contributed by atoms with Gasteiger partial charge in [0, 0.05) is 7.05 Å². The van der Waals surface area contributed by atoms with Crippen molar-refractivity contribution in [2.45, 2.75) is 6.18 Å². The minimum atomic E-state index is -4.67. The predicted molar refractivity (Wildman–Crippen MR) is 63.1 cm³/mol. The van der Waals surface area contributed by atoms with Crippen molar-refractivity contribution < 1.29 is 22.4 Å². The number of alkyl halides is 3. The number of rotatable bonds is 2. The van der Waals surface area contributed by atoms with Crippen LogP contribution in [0.1, 0.15) is 21.6 Å². The van der Waals surface area contributed by atoms with Crippen LogP contribution in [-0.2, 0) is 13.2 Å². The summed E-state index contributed by atoms with van der Waals surface area (Å²) >= 11 is 5.72. The van der Waals surface area contributed by atoms with Gasteiger partial charge in [0.05, 0.1) is 22.3 Å². The number of aromatic nitrogens is 2. The first-order chi connectivity index (χ1) is 9.21. The van der Waals surface area contributed by atoms with Gasteiger partial charge in [-0.25, -0.2) is 4.39 Å². The maximum Gasteiger partial charge on any atom is 0.416 e. The second-order valence-electron chi connectivity index (χ2n) is 3.99. The van der Waals surface area contributed by atoms with Crippen molar-refractivity contribution >= 4 is 17.4 Å². The standard InChI is InChI=1S/C12H7ClF4N2O/c1-19-10(8(13)5-18-19)11(20)7-4-6(12(15,16)17)2-3-9(7)14/h2-5H,1H3. The van der Waals surface area contributed by atoms with Gasteiger partial charge in [-0.2, -0.15) is 18.3 Å². The Kier molecular flexibility index (Phi) is 3.56. The molecule has 0 aliphatic carbocycles. The summed E-state index contributed by atoms with van der Waals surface area (Å²) in [6.45, 7) is 0. The number of aryl methyl sites for hydroxylation is 1. The van der Waals surface area contributed by atoms with Gasteiger partial charge in [0.15, 0.2) is 0 Å². The molecular weight excluding hydrogens is 300 g/mol. The zero-order valence-electron chi connectivity index (χ0n) is 10.0. The van der Waals surface area contributed by atoms with E-state index in [1.807, 2.05) is 0 Å². The Balaban J connectivity index is 2.55. The molecule has 8 heteroatoms. The molecule has 3 nitrogen and oxygen atoms in total. The Labute approximate surface area is 115 Å². The second kappa shape index (κ2) is 4.90. The van der Waals surface area contributed by atoms with Crippen LogP contribution in [0.2, 0.25) is 5.02 Å². The van der Waals surface area contributed by atoms with Crippen molar-refractivity contribution in [1.29, 1.82) is 0 Å². The Morgan fingerprint density at radius 1 is 1.35 bits per heavy atom. The van der Waals surface area contributed by atoms with Gasteiger partial charge >= 0.3 is 6.18 Å². The summed E-state index contributed by atoms with van der Waals surface area (Å²) in [5.74, 6) is -2.01. The molecule has 0 aliphatic rings. The van der Waals surface area contributed by atoms with Gasteiger partial charge in [-0.3, -0.25) is 9.48 Å². The molecule has 0 fully saturated rings. The minimum Gasteiger partial charge on any atom is -0.287 e. The summed E-state index contributed by atoms with van der Waals surface area (Å²) in [4.78, 5) is 12.1. The first-order valence-corrected chi connectivity index (χ1v) is 5.68. The molecule has 1 heterocycles. The Morgan fingerprint density at radius 2 is 2.00 bits per heavy atom. The van der Waals surface area contributed by atoms with E-state index in [0.717, 1.165) is 10.9 Å². The zero-order chi connectivity index (χ0) is 15.1. The number of nitrogens with zero attached hydrogens (tertiary/aromatic N) is 2. The number of halogens is 5. The van der Waals surface area contributed by atoms with E-state index >= 15 is 0 Å². The molecule has 2 aromatic rings. The summed E-state index contributed by atoms with van der Waals surface area (Å²) in [6.07, 6.45) is -3.51. The molecule has 20 heavy (non-hydrogen) atoms. The fraction of sp³-hybridized carbons (Fsp3) is 0.167. The highest BCUT2D eigenvalue weighted by molar-refractivity contribution is 6.34. The highest BCUT2D eigenvalue weighted by atomic mass is 35.5. The Bertz CT molecular complexity index is 659. The largest absolute Gasteiger partial charge is 0.416 e. The summed E-state index contributed by atoms with van der Waals surface area (Å²) in [5.41, 5.74) is -1.99. The summed E-state index contributed by atoms with van der Waals surface area (Å²) < 4.78 is 52.4. The lowest BCUT2D eigenvalue weighted by Gasteiger charge is -2.09. The van der Waals surface area contributed by atoms with E-state index in [1.54, 1.807) is 0 Å². The highest BCUT2D eigenvalue weighted by Gasteiger charge is 2.32. The Morgan fingerprint density at radius 3 is 2.50 bits per heavy atom. The SMILES string of the molecule is Cn1ncc(Cl)c1C(=O)c1cc(C(F)(F)F)ccc1F. The van der Waals surface area contributed by atoms with Crippen molar-refractivity contribution in [2.24, 2.45) is 7.05 Å². The number of benzene rings is 1. The van der Waals surface area contributed by atoms with E-state index in [0.29, 0.717) is 18.2 Å². The van der Waals surface area contributed by atoms with E-state index in [4.69, 9.17) is 11.6 Å². The van der Waals surface area contributed by atoms with Crippen molar-refractivity contribution in [2.75, 3.05) is 0 Å². The molecule has 0 spiro atoms. The molecule has 1 aromatic heterocycles. The van der Waals surface area contributed by atoms with Crippen LogP contribution in [0, 0.1) is 5.82 Å². The monoisotopic (exact) mass is 306 g/mol. The molecule has 0 saturated heterocycles. The second-order valence-corrected chi connectivity index (χ2v) is 4.39. The average Bonchev–Trinajstić information content (AvgIpc) is 2.67. The molecule has 0 aliphatic heterocycles. The van der Waals surface area contributed by atoms with Crippen molar-refractivity contribution in [3.63, 3.8) is 0 Å². The zero-order valence-corrected chi connectivity index (χ0v) is 10.8. The van der Waals surface area contributed by atoms with Crippen LogP contribution in [0.4, 0.5) is 17.6 Å². The first-order valence-electron chi connectivity index (χ1n) is 5.30. The van der Waals surface area contributed by atoms with Crippen LogP contribution in [0.5, 0.6) is 0 Å². The van der Waals surface area contributed by atoms with E-state index in [2.05, 4.69) is 5.10 Å². The number of carbonyl (C=O) groups is 1. The van der Waals surface area contributed by atoms with Gasteiger partial charge < -0.3 is 0 Å². The van der Waals surface area contributed by atoms with Gasteiger partial charge in [-0.1, -0.05) is 11.6 Å². The van der Waals surface area contributed by atoms with Gasteiger partial charge in [0.25, 0.3) is 0 Å². The lowest BCUT2D eigenvalue weighted by Crippen LogP contribution is -2.13. The third kappa shape index (κ3) is 2.53. The maximum atomic E-state index is 13.6. The van der Waals surface area contributed by atoms with Crippen molar-refractivity contribution in [1.82, 2.24) is 9.78 Å². The summed E-state index contributed by atoms with van der Waals surface area (Å²) in [6, 6.07) is 1.62. The van der Waals surface area contributed by atoms with E-state index < -0.39 is 28.9 Å². The lowest BCUT2D eigenvalue weighted by atomic mass is 10.0. The Hall–Kier alpha value is -1.89. The molecule has 2 rings (SSSR count). The molecule has 0 N–H and O–H groups in total. The quantitative estimate of drug-likeness (QED) is 0.629. The predicted octanol–water partition coefficient (Wildman–Crippen LogP) is 3.46. The smallest absolute Gasteiger partial charge is 0.287 e. The fourth-order valence-electron chi connectivity index (χ4n) is 1.67. The number of carbonyl (C=O) groups excluding carboxylic acids is 1. The maximum absolute atomic E-state index is 13.6. The van der Waals surface area contributed by atoms with Crippen LogP contribution >= 0.6 is 11.6 Å². The van der Waals surface area contributed by atoms with Gasteiger partial charge in [-0.05, 0) is 18.2 Å². The summed E-state index contributed by atoms with van der Waals surface area (Å²) in [5, 5.41) is 3.62. The fourth-order valence-corrected chi connectivity index (χ4v) is 1.92. The molecule has 0 bridgehead atoms. The average molecular weight is 307 g/mol. The van der Waals surface area contributed by atoms with E-state index in [9.17, 15) is 22.4 Å². The van der Waals surface area contributed by atoms with Crippen LogP contribution in [-0.4, -0.2) is 15.6 Å². The van der Waals surface area contributed by atoms with Gasteiger partial charge in [-0.15, -0.1) is 0 Å². The number of hydrogen-bond donors (Lipinski definition) is 0. The molecule has 1 aromatic carbocycles. The molecule has 0 saturated carbocycles. The normalized spacial score (nSPS) is 11.7. The third-order valence-electron chi connectivity index (χ3n) is 2.65. The van der Waals surface area contributed by atoms with Gasteiger partial charge in [0.1, 0.15) is 11.5 Å². The van der Waals surface area contributed by atoms with E-state index in [-0.39, 0.29) is 10.7 Å². The van der Waals surface area contributed by atoms with E-state index in [1.165, 1.54) is 7.05 Å². The van der Waals surface area contributed by atoms with Crippen molar-refractivity contribution in [3.8, 4) is 0 Å². The molecule has 0 radical (unpaired) electrons. The van der Waals surface area contributed by atoms with Crippen LogP contribution in [0.3, 0.4) is 0 Å². The van der Waals surface area contributed by atoms with Gasteiger partial charge in [0.2, 0.25) is 5.78 Å². The molecule has 106 valence electrons. The number of ketones is 1. The lowest BCUT2D eigenvalue weighted by molar-refractivity contribution is -0.137. The third-order valence-corrected chi connectivity index (χ3v) is 2.92. The highest BCUT2D eigenvalue weighted by Crippen LogP contribution is 2.31. The molecule has 0 amide bonds. The first kappa shape index (κ1) is 14.5. The van der Waals surface area contributed by atoms with Crippen LogP contribution < -0.4 is 0 Å². The molecular formula is C12H7ClF4N2O. The van der Waals surface area contributed by atoms with Crippen molar-refractivity contribution in [3.05, 3.63) is 52.1 Å². The van der Waals surface area contributed by atoms with Crippen LogP contribution in [0.25, 0.3) is 0 Å². The molecule has 0 unspecified atom stereocenters. The topological polar surface area (TPSA) is 34.9 Å². The number of hydrogen-bond acceptors (Lipinski definition) is 2. The molecule has 0 atom stereocenters. The van der Waals surface area contributed by atoms with Crippen LogP contribution in [0.15, 0.2) is 24.4 Å². The summed E-state index contributed by atoms with van der Waals surface area (Å²) in [7, 11) is 1.38.